The first-order valence-electron chi connectivity index (χ1n) is 11.1. The Morgan fingerprint density at radius 1 is 0.750 bits per heavy atom. The van der Waals surface area contributed by atoms with Crippen LogP contribution in [0.5, 0.6) is 0 Å². The highest BCUT2D eigenvalue weighted by atomic mass is 16.5. The van der Waals surface area contributed by atoms with Gasteiger partial charge in [-0.2, -0.15) is 0 Å². The zero-order chi connectivity index (χ0) is 17.0. The Bertz CT molecular complexity index is 319. The molecule has 0 amide bonds. The van der Waals surface area contributed by atoms with Crippen molar-refractivity contribution >= 4 is 0 Å². The number of hydrogen-bond donors (Lipinski definition) is 0. The van der Waals surface area contributed by atoms with Gasteiger partial charge in [0, 0.05) is 0 Å². The molecule has 2 aliphatic rings. The lowest BCUT2D eigenvalue weighted by molar-refractivity contribution is 0.108. The third kappa shape index (κ3) is 7.19. The molecule has 0 aromatic rings. The minimum atomic E-state index is 0.817. The molecular weight excluding hydrogens is 292 g/mol. The molecule has 24 heavy (non-hydrogen) atoms. The summed E-state index contributed by atoms with van der Waals surface area (Å²) in [5.74, 6) is 3.97. The Morgan fingerprint density at radius 3 is 1.96 bits per heavy atom. The summed E-state index contributed by atoms with van der Waals surface area (Å²) in [4.78, 5) is 0. The SMILES string of the molecule is CC/C=C\OCC1CCC(C2CCC(CCCCCC)CC2)CC1. The maximum absolute atomic E-state index is 5.68. The second-order valence-electron chi connectivity index (χ2n) is 8.52. The second-order valence-corrected chi connectivity index (χ2v) is 8.52. The van der Waals surface area contributed by atoms with Crippen molar-refractivity contribution in [2.45, 2.75) is 104 Å². The highest BCUT2D eigenvalue weighted by Crippen LogP contribution is 2.42. The van der Waals surface area contributed by atoms with Gasteiger partial charge in [-0.1, -0.05) is 64.9 Å². The molecule has 0 N–H and O–H groups in total. The van der Waals surface area contributed by atoms with E-state index in [0.29, 0.717) is 0 Å². The molecule has 1 heteroatoms. The van der Waals surface area contributed by atoms with Gasteiger partial charge < -0.3 is 4.74 Å². The Morgan fingerprint density at radius 2 is 1.38 bits per heavy atom. The van der Waals surface area contributed by atoms with Crippen molar-refractivity contribution in [3.63, 3.8) is 0 Å². The van der Waals surface area contributed by atoms with Crippen LogP contribution in [0.25, 0.3) is 0 Å². The zero-order valence-electron chi connectivity index (χ0n) is 16.5. The van der Waals surface area contributed by atoms with Crippen LogP contribution in [-0.2, 0) is 4.74 Å². The van der Waals surface area contributed by atoms with Gasteiger partial charge in [0.05, 0.1) is 12.9 Å². The van der Waals surface area contributed by atoms with E-state index < -0.39 is 0 Å². The summed E-state index contributed by atoms with van der Waals surface area (Å²) >= 11 is 0. The highest BCUT2D eigenvalue weighted by Gasteiger charge is 2.30. The van der Waals surface area contributed by atoms with E-state index >= 15 is 0 Å². The molecule has 0 unspecified atom stereocenters. The average molecular weight is 335 g/mol. The van der Waals surface area contributed by atoms with Crippen LogP contribution in [0.3, 0.4) is 0 Å². The summed E-state index contributed by atoms with van der Waals surface area (Å²) < 4.78 is 5.68. The van der Waals surface area contributed by atoms with Crippen LogP contribution in [0.2, 0.25) is 0 Å². The Hall–Kier alpha value is -0.460. The van der Waals surface area contributed by atoms with E-state index in [-0.39, 0.29) is 0 Å². The van der Waals surface area contributed by atoms with Crippen molar-refractivity contribution < 1.29 is 4.74 Å². The first kappa shape index (κ1) is 19.9. The molecule has 0 atom stereocenters. The largest absolute Gasteiger partial charge is 0.501 e. The van der Waals surface area contributed by atoms with Crippen LogP contribution < -0.4 is 0 Å². The number of unbranched alkanes of at least 4 members (excludes halogenated alkanes) is 3. The normalized spacial score (nSPS) is 31.4. The molecule has 0 spiro atoms. The quantitative estimate of drug-likeness (QED) is 0.297. The summed E-state index contributed by atoms with van der Waals surface area (Å²) in [5.41, 5.74) is 0. The van der Waals surface area contributed by atoms with E-state index in [1.165, 1.54) is 83.5 Å². The average Bonchev–Trinajstić information content (AvgIpc) is 2.64. The summed E-state index contributed by atoms with van der Waals surface area (Å²) in [6.07, 6.45) is 24.3. The first-order chi connectivity index (χ1) is 11.8. The first-order valence-corrected chi connectivity index (χ1v) is 11.1. The van der Waals surface area contributed by atoms with Gasteiger partial charge in [0.25, 0.3) is 0 Å². The molecule has 2 saturated carbocycles. The Balaban J connectivity index is 1.56. The van der Waals surface area contributed by atoms with Crippen molar-refractivity contribution in [1.29, 1.82) is 0 Å². The van der Waals surface area contributed by atoms with Gasteiger partial charge in [-0.3, -0.25) is 0 Å². The molecule has 2 fully saturated rings. The van der Waals surface area contributed by atoms with Gasteiger partial charge in [0.15, 0.2) is 0 Å². The molecular formula is C23H42O. The fourth-order valence-corrected chi connectivity index (χ4v) is 4.99. The second kappa shape index (κ2) is 12.0. The number of rotatable bonds is 10. The predicted octanol–water partition coefficient (Wildman–Crippen LogP) is 7.51. The molecule has 1 nitrogen and oxygen atoms in total. The standard InChI is InChI=1S/C23H42O/c1-3-5-7-8-9-20-10-14-22(15-11-20)23-16-12-21(13-17-23)19-24-18-6-4-2/h6,18,20-23H,3-5,7-17,19H2,1-2H3/b18-6-. The summed E-state index contributed by atoms with van der Waals surface area (Å²) in [7, 11) is 0. The van der Waals surface area contributed by atoms with E-state index in [4.69, 9.17) is 4.74 Å². The molecule has 0 aromatic heterocycles. The van der Waals surface area contributed by atoms with Crippen LogP contribution >= 0.6 is 0 Å². The van der Waals surface area contributed by atoms with E-state index in [1.54, 1.807) is 0 Å². The Kier molecular flexibility index (Phi) is 9.92. The predicted molar refractivity (Wildman–Crippen MR) is 105 cm³/mol. The lowest BCUT2D eigenvalue weighted by atomic mass is 9.69. The number of ether oxygens (including phenoxy) is 1. The molecule has 2 rings (SSSR count). The van der Waals surface area contributed by atoms with Gasteiger partial charge in [-0.25, -0.2) is 0 Å². The van der Waals surface area contributed by atoms with Crippen LogP contribution in [0.4, 0.5) is 0 Å². The van der Waals surface area contributed by atoms with Crippen LogP contribution in [0, 0.1) is 23.7 Å². The zero-order valence-corrected chi connectivity index (χ0v) is 16.5. The van der Waals surface area contributed by atoms with Crippen LogP contribution in [-0.4, -0.2) is 6.61 Å². The third-order valence-electron chi connectivity index (χ3n) is 6.68. The molecule has 2 aliphatic carbocycles. The maximum Gasteiger partial charge on any atom is 0.0901 e. The lowest BCUT2D eigenvalue weighted by Crippen LogP contribution is -2.27. The van der Waals surface area contributed by atoms with Crippen LogP contribution in [0.1, 0.15) is 104 Å². The molecule has 0 heterocycles. The molecule has 0 radical (unpaired) electrons. The summed E-state index contributed by atoms with van der Waals surface area (Å²) in [6, 6.07) is 0. The van der Waals surface area contributed by atoms with Gasteiger partial charge in [-0.15, -0.1) is 0 Å². The molecule has 0 aromatic carbocycles. The number of allylic oxidation sites excluding steroid dienone is 1. The van der Waals surface area contributed by atoms with Crippen molar-refractivity contribution in [1.82, 2.24) is 0 Å². The van der Waals surface area contributed by atoms with Crippen LogP contribution in [0.15, 0.2) is 12.3 Å². The number of hydrogen-bond acceptors (Lipinski definition) is 1. The van der Waals surface area contributed by atoms with Gasteiger partial charge in [0.2, 0.25) is 0 Å². The van der Waals surface area contributed by atoms with E-state index in [1.807, 2.05) is 6.26 Å². The fourth-order valence-electron chi connectivity index (χ4n) is 4.99. The minimum Gasteiger partial charge on any atom is -0.501 e. The van der Waals surface area contributed by atoms with Crippen molar-refractivity contribution in [3.8, 4) is 0 Å². The topological polar surface area (TPSA) is 9.23 Å². The van der Waals surface area contributed by atoms with Gasteiger partial charge >= 0.3 is 0 Å². The maximum atomic E-state index is 5.68. The van der Waals surface area contributed by atoms with E-state index in [9.17, 15) is 0 Å². The summed E-state index contributed by atoms with van der Waals surface area (Å²) in [6.45, 7) is 5.42. The van der Waals surface area contributed by atoms with Gasteiger partial charge in [-0.05, 0) is 68.6 Å². The van der Waals surface area contributed by atoms with Crippen molar-refractivity contribution in [3.05, 3.63) is 12.3 Å². The summed E-state index contributed by atoms with van der Waals surface area (Å²) in [5, 5.41) is 0. The molecule has 140 valence electrons. The lowest BCUT2D eigenvalue weighted by Gasteiger charge is -2.37. The third-order valence-corrected chi connectivity index (χ3v) is 6.68. The minimum absolute atomic E-state index is 0.817. The molecule has 0 saturated heterocycles. The van der Waals surface area contributed by atoms with Crippen molar-refractivity contribution in [2.24, 2.45) is 23.7 Å². The monoisotopic (exact) mass is 334 g/mol. The van der Waals surface area contributed by atoms with E-state index in [0.717, 1.165) is 36.7 Å². The molecule has 0 bridgehead atoms. The van der Waals surface area contributed by atoms with Crippen molar-refractivity contribution in [2.75, 3.05) is 6.61 Å². The van der Waals surface area contributed by atoms with E-state index in [2.05, 4.69) is 19.9 Å². The van der Waals surface area contributed by atoms with Gasteiger partial charge in [0.1, 0.15) is 0 Å². The smallest absolute Gasteiger partial charge is 0.0901 e. The fraction of sp³-hybridized carbons (Fsp3) is 0.913. The molecule has 0 aliphatic heterocycles. The highest BCUT2D eigenvalue weighted by molar-refractivity contribution is 4.82. The Labute approximate surface area is 151 Å².